The van der Waals surface area contributed by atoms with Crippen molar-refractivity contribution in [3.05, 3.63) is 5.82 Å². The van der Waals surface area contributed by atoms with E-state index in [-0.39, 0.29) is 0 Å². The molecule has 0 radical (unpaired) electrons. The monoisotopic (exact) mass is 296 g/mol. The third-order valence-electron chi connectivity index (χ3n) is 4.52. The lowest BCUT2D eigenvalue weighted by Gasteiger charge is -2.27. The highest BCUT2D eigenvalue weighted by atomic mass is 32.1. The van der Waals surface area contributed by atoms with Crippen molar-refractivity contribution in [2.75, 3.05) is 38.3 Å². The molecule has 2 unspecified atom stereocenters. The van der Waals surface area contributed by atoms with Gasteiger partial charge in [-0.2, -0.15) is 4.37 Å². The zero-order chi connectivity index (χ0) is 13.9. The summed E-state index contributed by atoms with van der Waals surface area (Å²) in [6, 6.07) is 1.30. The lowest BCUT2D eigenvalue weighted by Crippen LogP contribution is -2.39. The molecule has 0 aromatic carbocycles. The fourth-order valence-electron chi connectivity index (χ4n) is 3.39. The van der Waals surface area contributed by atoms with Crippen molar-refractivity contribution < 1.29 is 4.74 Å². The number of fused-ring (bicyclic) bond motifs is 2. The standard InChI is InChI=1S/C14H24N4OS/c1-3-17-8-6-11-4-5-12(10-17)18(11)14-15-13(16-20-14)7-9-19-2/h11-12H,3-10H2,1-2H3. The van der Waals surface area contributed by atoms with Crippen molar-refractivity contribution in [3.8, 4) is 0 Å². The number of hydrogen-bond acceptors (Lipinski definition) is 6. The number of likely N-dealkylation sites (tertiary alicyclic amines) is 1. The van der Waals surface area contributed by atoms with Crippen molar-refractivity contribution in [2.45, 2.75) is 44.7 Å². The summed E-state index contributed by atoms with van der Waals surface area (Å²) in [7, 11) is 1.72. The molecular formula is C14H24N4OS. The topological polar surface area (TPSA) is 41.5 Å². The van der Waals surface area contributed by atoms with Gasteiger partial charge in [0, 0.05) is 50.2 Å². The maximum absolute atomic E-state index is 5.11. The third-order valence-corrected chi connectivity index (χ3v) is 5.29. The zero-order valence-corrected chi connectivity index (χ0v) is 13.2. The minimum atomic E-state index is 0.630. The first-order valence-electron chi connectivity index (χ1n) is 7.64. The largest absolute Gasteiger partial charge is 0.384 e. The number of hydrogen-bond donors (Lipinski definition) is 0. The molecular weight excluding hydrogens is 272 g/mol. The van der Waals surface area contributed by atoms with Gasteiger partial charge in [0.15, 0.2) is 0 Å². The van der Waals surface area contributed by atoms with Crippen molar-refractivity contribution in [1.82, 2.24) is 14.3 Å². The molecule has 2 aliphatic heterocycles. The first-order chi connectivity index (χ1) is 9.81. The molecule has 6 heteroatoms. The van der Waals surface area contributed by atoms with Crippen LogP contribution < -0.4 is 4.90 Å². The van der Waals surface area contributed by atoms with E-state index in [9.17, 15) is 0 Å². The maximum atomic E-state index is 5.11. The number of likely N-dealkylation sites (N-methyl/N-ethyl adjacent to an activating group) is 1. The van der Waals surface area contributed by atoms with E-state index in [1.165, 1.54) is 32.4 Å². The Morgan fingerprint density at radius 1 is 1.30 bits per heavy atom. The Labute approximate surface area is 125 Å². The highest BCUT2D eigenvalue weighted by Gasteiger charge is 2.38. The van der Waals surface area contributed by atoms with E-state index in [1.807, 2.05) is 0 Å². The van der Waals surface area contributed by atoms with Gasteiger partial charge in [0.2, 0.25) is 5.13 Å². The van der Waals surface area contributed by atoms with Gasteiger partial charge in [0.05, 0.1) is 6.61 Å². The van der Waals surface area contributed by atoms with Gasteiger partial charge < -0.3 is 14.5 Å². The fourth-order valence-corrected chi connectivity index (χ4v) is 4.25. The normalized spacial score (nSPS) is 27.0. The Morgan fingerprint density at radius 2 is 2.15 bits per heavy atom. The summed E-state index contributed by atoms with van der Waals surface area (Å²) < 4.78 is 9.60. The van der Waals surface area contributed by atoms with Gasteiger partial charge in [0.25, 0.3) is 0 Å². The second-order valence-electron chi connectivity index (χ2n) is 5.71. The molecule has 0 saturated carbocycles. The molecule has 0 N–H and O–H groups in total. The molecule has 2 aliphatic rings. The molecule has 2 bridgehead atoms. The third kappa shape index (κ3) is 2.82. The lowest BCUT2D eigenvalue weighted by molar-refractivity contribution is 0.201. The molecule has 0 amide bonds. The van der Waals surface area contributed by atoms with Crippen LogP contribution in [-0.4, -0.2) is 59.7 Å². The number of ether oxygens (including phenoxy) is 1. The van der Waals surface area contributed by atoms with Crippen molar-refractivity contribution in [1.29, 1.82) is 0 Å². The summed E-state index contributed by atoms with van der Waals surface area (Å²) in [6.07, 6.45) is 4.69. The molecule has 3 heterocycles. The van der Waals surface area contributed by atoms with Gasteiger partial charge >= 0.3 is 0 Å². The van der Waals surface area contributed by atoms with Crippen LogP contribution in [-0.2, 0) is 11.2 Å². The van der Waals surface area contributed by atoms with E-state index >= 15 is 0 Å². The summed E-state index contributed by atoms with van der Waals surface area (Å²) >= 11 is 1.56. The van der Waals surface area contributed by atoms with Gasteiger partial charge in [-0.05, 0) is 25.8 Å². The van der Waals surface area contributed by atoms with E-state index in [4.69, 9.17) is 9.72 Å². The summed E-state index contributed by atoms with van der Waals surface area (Å²) in [5, 5.41) is 1.13. The number of nitrogens with zero attached hydrogens (tertiary/aromatic N) is 4. The van der Waals surface area contributed by atoms with Crippen LogP contribution in [0, 0.1) is 0 Å². The van der Waals surface area contributed by atoms with E-state index in [2.05, 4.69) is 21.1 Å². The predicted molar refractivity (Wildman–Crippen MR) is 81.5 cm³/mol. The van der Waals surface area contributed by atoms with E-state index in [0.29, 0.717) is 18.7 Å². The predicted octanol–water partition coefficient (Wildman–Crippen LogP) is 1.79. The Balaban J connectivity index is 1.73. The lowest BCUT2D eigenvalue weighted by atomic mass is 10.1. The Kier molecular flexibility index (Phi) is 4.53. The van der Waals surface area contributed by atoms with Gasteiger partial charge in [-0.3, -0.25) is 0 Å². The minimum absolute atomic E-state index is 0.630. The maximum Gasteiger partial charge on any atom is 0.205 e. The van der Waals surface area contributed by atoms with E-state index in [1.54, 1.807) is 18.6 Å². The van der Waals surface area contributed by atoms with Crippen LogP contribution in [0.2, 0.25) is 0 Å². The molecule has 1 aromatic rings. The number of anilines is 1. The molecule has 1 aromatic heterocycles. The van der Waals surface area contributed by atoms with Gasteiger partial charge in [-0.15, -0.1) is 0 Å². The molecule has 2 atom stereocenters. The molecule has 20 heavy (non-hydrogen) atoms. The second kappa shape index (κ2) is 6.37. The molecule has 112 valence electrons. The number of rotatable bonds is 5. The van der Waals surface area contributed by atoms with Crippen molar-refractivity contribution in [3.63, 3.8) is 0 Å². The summed E-state index contributed by atoms with van der Waals surface area (Å²) in [6.45, 7) is 6.53. The first kappa shape index (κ1) is 14.2. The molecule has 0 spiro atoms. The summed E-state index contributed by atoms with van der Waals surface area (Å²) in [5.41, 5.74) is 0. The van der Waals surface area contributed by atoms with Gasteiger partial charge in [-0.25, -0.2) is 4.98 Å². The fraction of sp³-hybridized carbons (Fsp3) is 0.857. The van der Waals surface area contributed by atoms with Gasteiger partial charge in [0.1, 0.15) is 5.82 Å². The van der Waals surface area contributed by atoms with Crippen LogP contribution in [0.25, 0.3) is 0 Å². The van der Waals surface area contributed by atoms with E-state index in [0.717, 1.165) is 23.9 Å². The summed E-state index contributed by atoms with van der Waals surface area (Å²) in [5.74, 6) is 0.933. The quantitative estimate of drug-likeness (QED) is 0.828. The minimum Gasteiger partial charge on any atom is -0.384 e. The van der Waals surface area contributed by atoms with Crippen LogP contribution in [0.1, 0.15) is 32.0 Å². The average Bonchev–Trinajstić information content (AvgIpc) is 3.00. The summed E-state index contributed by atoms with van der Waals surface area (Å²) in [4.78, 5) is 9.87. The second-order valence-corrected chi connectivity index (χ2v) is 6.44. The van der Waals surface area contributed by atoms with Crippen LogP contribution in [0.3, 0.4) is 0 Å². The Bertz CT molecular complexity index is 439. The first-order valence-corrected chi connectivity index (χ1v) is 8.41. The van der Waals surface area contributed by atoms with Crippen molar-refractivity contribution >= 4 is 16.7 Å². The van der Waals surface area contributed by atoms with Crippen molar-refractivity contribution in [2.24, 2.45) is 0 Å². The molecule has 3 rings (SSSR count). The van der Waals surface area contributed by atoms with Crippen LogP contribution in [0.4, 0.5) is 5.13 Å². The smallest absolute Gasteiger partial charge is 0.205 e. The highest BCUT2D eigenvalue weighted by molar-refractivity contribution is 7.09. The molecule has 2 saturated heterocycles. The Morgan fingerprint density at radius 3 is 2.95 bits per heavy atom. The van der Waals surface area contributed by atoms with Crippen LogP contribution in [0.5, 0.6) is 0 Å². The average molecular weight is 296 g/mol. The number of aromatic nitrogens is 2. The SMILES string of the molecule is CCN1CCC2CCC(C1)N2c1nc(CCOC)ns1. The molecule has 5 nitrogen and oxygen atoms in total. The zero-order valence-electron chi connectivity index (χ0n) is 12.4. The number of methoxy groups -OCH3 is 1. The van der Waals surface area contributed by atoms with Crippen LogP contribution in [0.15, 0.2) is 0 Å². The molecule has 0 aliphatic carbocycles. The molecule has 2 fully saturated rings. The van der Waals surface area contributed by atoms with Crippen LogP contribution >= 0.6 is 11.5 Å². The Hall–Kier alpha value is -0.720. The van der Waals surface area contributed by atoms with E-state index < -0.39 is 0 Å². The highest BCUT2D eigenvalue weighted by Crippen LogP contribution is 2.35. The van der Waals surface area contributed by atoms with Gasteiger partial charge in [-0.1, -0.05) is 6.92 Å².